The number of halogens is 2. The van der Waals surface area contributed by atoms with Gasteiger partial charge in [0.2, 0.25) is 0 Å². The molecule has 0 saturated carbocycles. The van der Waals surface area contributed by atoms with Crippen molar-refractivity contribution >= 4 is 34.5 Å². The molecule has 18 heavy (non-hydrogen) atoms. The van der Waals surface area contributed by atoms with Crippen LogP contribution in [0.3, 0.4) is 0 Å². The highest BCUT2D eigenvalue weighted by atomic mass is 35.5. The number of thiazole rings is 1. The number of benzene rings is 1. The van der Waals surface area contributed by atoms with Crippen molar-refractivity contribution < 1.29 is 0 Å². The normalized spacial score (nSPS) is 12.7. The molecule has 0 aliphatic carbocycles. The van der Waals surface area contributed by atoms with Crippen molar-refractivity contribution in [2.75, 3.05) is 0 Å². The Morgan fingerprint density at radius 1 is 1.28 bits per heavy atom. The second-order valence-electron chi connectivity index (χ2n) is 4.21. The van der Waals surface area contributed by atoms with Gasteiger partial charge in [0, 0.05) is 27.7 Å². The molecule has 1 aromatic heterocycles. The minimum atomic E-state index is 0.224. The minimum absolute atomic E-state index is 0.224. The van der Waals surface area contributed by atoms with Crippen LogP contribution in [0.2, 0.25) is 10.0 Å². The van der Waals surface area contributed by atoms with Crippen LogP contribution in [0.15, 0.2) is 23.6 Å². The van der Waals surface area contributed by atoms with Gasteiger partial charge in [-0.05, 0) is 37.6 Å². The Kier molecular flexibility index (Phi) is 4.62. The zero-order valence-electron chi connectivity index (χ0n) is 10.2. The Balaban J connectivity index is 1.99. The van der Waals surface area contributed by atoms with Crippen LogP contribution in [0, 0.1) is 6.92 Å². The van der Waals surface area contributed by atoms with Crippen molar-refractivity contribution in [2.45, 2.75) is 26.4 Å². The third-order valence-electron chi connectivity index (χ3n) is 2.54. The summed E-state index contributed by atoms with van der Waals surface area (Å²) in [5, 5.41) is 7.90. The van der Waals surface area contributed by atoms with Crippen LogP contribution in [0.25, 0.3) is 0 Å². The van der Waals surface area contributed by atoms with Gasteiger partial charge in [0.1, 0.15) is 5.01 Å². The zero-order valence-corrected chi connectivity index (χ0v) is 12.5. The molecular weight excluding hydrogens is 287 g/mol. The topological polar surface area (TPSA) is 24.9 Å². The second kappa shape index (κ2) is 6.02. The molecular formula is C13H14Cl2N2S. The Hall–Kier alpha value is -0.610. The summed E-state index contributed by atoms with van der Waals surface area (Å²) in [6.45, 7) is 4.83. The van der Waals surface area contributed by atoms with E-state index in [1.54, 1.807) is 17.4 Å². The van der Waals surface area contributed by atoms with Crippen LogP contribution < -0.4 is 5.32 Å². The monoisotopic (exact) mass is 300 g/mol. The molecule has 1 aromatic carbocycles. The molecule has 0 bridgehead atoms. The first-order valence-electron chi connectivity index (χ1n) is 5.65. The molecule has 1 atom stereocenters. The minimum Gasteiger partial charge on any atom is -0.304 e. The third-order valence-corrected chi connectivity index (χ3v) is 4.12. The van der Waals surface area contributed by atoms with Crippen molar-refractivity contribution in [3.63, 3.8) is 0 Å². The van der Waals surface area contributed by atoms with E-state index in [0.29, 0.717) is 10.0 Å². The van der Waals surface area contributed by atoms with E-state index in [1.165, 1.54) is 0 Å². The van der Waals surface area contributed by atoms with Crippen molar-refractivity contribution in [3.05, 3.63) is 49.9 Å². The summed E-state index contributed by atoms with van der Waals surface area (Å²) in [6.07, 6.45) is 0. The highest BCUT2D eigenvalue weighted by Gasteiger charge is 2.09. The summed E-state index contributed by atoms with van der Waals surface area (Å²) < 4.78 is 0. The number of nitrogens with zero attached hydrogens (tertiary/aromatic N) is 1. The third kappa shape index (κ3) is 3.69. The summed E-state index contributed by atoms with van der Waals surface area (Å²) in [4.78, 5) is 4.46. The zero-order chi connectivity index (χ0) is 13.1. The number of aromatic nitrogens is 1. The van der Waals surface area contributed by atoms with Crippen LogP contribution in [0.4, 0.5) is 0 Å². The highest BCUT2D eigenvalue weighted by molar-refractivity contribution is 7.09. The van der Waals surface area contributed by atoms with Crippen molar-refractivity contribution in [2.24, 2.45) is 0 Å². The Morgan fingerprint density at radius 3 is 2.50 bits per heavy atom. The maximum Gasteiger partial charge on any atom is 0.110 e. The molecule has 1 N–H and O–H groups in total. The van der Waals surface area contributed by atoms with Gasteiger partial charge in [-0.1, -0.05) is 23.2 Å². The van der Waals surface area contributed by atoms with Gasteiger partial charge in [0.15, 0.2) is 0 Å². The largest absolute Gasteiger partial charge is 0.304 e. The van der Waals surface area contributed by atoms with Gasteiger partial charge in [-0.25, -0.2) is 4.98 Å². The van der Waals surface area contributed by atoms with Crippen molar-refractivity contribution in [3.8, 4) is 0 Å². The van der Waals surface area contributed by atoms with Crippen LogP contribution in [-0.4, -0.2) is 4.98 Å². The van der Waals surface area contributed by atoms with E-state index in [0.717, 1.165) is 22.8 Å². The SMILES string of the molecule is Cc1csc(C(C)NCc2cc(Cl)cc(Cl)c2)n1. The molecule has 0 aliphatic heterocycles. The van der Waals surface area contributed by atoms with E-state index in [1.807, 2.05) is 19.1 Å². The summed E-state index contributed by atoms with van der Waals surface area (Å²) in [6, 6.07) is 5.79. The van der Waals surface area contributed by atoms with Crippen LogP contribution in [0.5, 0.6) is 0 Å². The smallest absolute Gasteiger partial charge is 0.110 e. The van der Waals surface area contributed by atoms with E-state index in [9.17, 15) is 0 Å². The summed E-state index contributed by atoms with van der Waals surface area (Å²) in [5.74, 6) is 0. The van der Waals surface area contributed by atoms with Crippen LogP contribution >= 0.6 is 34.5 Å². The first-order valence-corrected chi connectivity index (χ1v) is 7.28. The molecule has 5 heteroatoms. The molecule has 0 radical (unpaired) electrons. The Bertz CT molecular complexity index is 519. The standard InChI is InChI=1S/C13H14Cl2N2S/c1-8-7-18-13(17-8)9(2)16-6-10-3-11(14)5-12(15)4-10/h3-5,7,9,16H,6H2,1-2H3. The lowest BCUT2D eigenvalue weighted by Crippen LogP contribution is -2.17. The van der Waals surface area contributed by atoms with Gasteiger partial charge < -0.3 is 5.32 Å². The lowest BCUT2D eigenvalue weighted by Gasteiger charge is -2.11. The molecule has 0 saturated heterocycles. The fourth-order valence-electron chi connectivity index (χ4n) is 1.64. The van der Waals surface area contributed by atoms with Gasteiger partial charge in [0.05, 0.1) is 6.04 Å². The van der Waals surface area contributed by atoms with Gasteiger partial charge in [0.25, 0.3) is 0 Å². The second-order valence-corrected chi connectivity index (χ2v) is 5.97. The van der Waals surface area contributed by atoms with E-state index in [-0.39, 0.29) is 6.04 Å². The fraction of sp³-hybridized carbons (Fsp3) is 0.308. The molecule has 2 nitrogen and oxygen atoms in total. The van der Waals surface area contributed by atoms with Gasteiger partial charge in [-0.2, -0.15) is 0 Å². The van der Waals surface area contributed by atoms with Crippen molar-refractivity contribution in [1.82, 2.24) is 10.3 Å². The molecule has 0 amide bonds. The van der Waals surface area contributed by atoms with Crippen molar-refractivity contribution in [1.29, 1.82) is 0 Å². The van der Waals surface area contributed by atoms with E-state index >= 15 is 0 Å². The predicted molar refractivity (Wildman–Crippen MR) is 78.6 cm³/mol. The average Bonchev–Trinajstić information content (AvgIpc) is 2.71. The molecule has 0 aliphatic rings. The number of nitrogens with one attached hydrogen (secondary N) is 1. The van der Waals surface area contributed by atoms with E-state index in [2.05, 4.69) is 22.6 Å². The molecule has 1 heterocycles. The quantitative estimate of drug-likeness (QED) is 0.892. The number of hydrogen-bond donors (Lipinski definition) is 1. The number of aryl methyl sites for hydroxylation is 1. The molecule has 1 unspecified atom stereocenters. The molecule has 2 aromatic rings. The van der Waals surface area contributed by atoms with E-state index in [4.69, 9.17) is 23.2 Å². The number of hydrogen-bond acceptors (Lipinski definition) is 3. The Morgan fingerprint density at radius 2 is 1.94 bits per heavy atom. The maximum atomic E-state index is 5.96. The Labute approximate surface area is 121 Å². The average molecular weight is 301 g/mol. The molecule has 2 rings (SSSR count). The van der Waals surface area contributed by atoms with E-state index < -0.39 is 0 Å². The van der Waals surface area contributed by atoms with Crippen LogP contribution in [0.1, 0.15) is 29.2 Å². The first-order chi connectivity index (χ1) is 8.54. The van der Waals surface area contributed by atoms with Crippen LogP contribution in [-0.2, 0) is 6.54 Å². The van der Waals surface area contributed by atoms with Gasteiger partial charge in [-0.15, -0.1) is 11.3 Å². The lowest BCUT2D eigenvalue weighted by molar-refractivity contribution is 0.571. The summed E-state index contributed by atoms with van der Waals surface area (Å²) in [7, 11) is 0. The van der Waals surface area contributed by atoms with Gasteiger partial charge in [-0.3, -0.25) is 0 Å². The lowest BCUT2D eigenvalue weighted by atomic mass is 10.2. The highest BCUT2D eigenvalue weighted by Crippen LogP contribution is 2.21. The summed E-state index contributed by atoms with van der Waals surface area (Å²) >= 11 is 13.6. The predicted octanol–water partition coefficient (Wildman–Crippen LogP) is 4.61. The fourth-order valence-corrected chi connectivity index (χ4v) is 3.04. The molecule has 0 fully saturated rings. The van der Waals surface area contributed by atoms with Gasteiger partial charge >= 0.3 is 0 Å². The summed E-state index contributed by atoms with van der Waals surface area (Å²) in [5.41, 5.74) is 2.14. The molecule has 96 valence electrons. The molecule has 0 spiro atoms. The maximum absolute atomic E-state index is 5.96. The first kappa shape index (κ1) is 13.8. The number of rotatable bonds is 4.